The van der Waals surface area contributed by atoms with E-state index in [9.17, 15) is 4.79 Å². The fraction of sp³-hybridized carbons (Fsp3) is 0.565. The van der Waals surface area contributed by atoms with Crippen molar-refractivity contribution in [3.8, 4) is 10.4 Å². The van der Waals surface area contributed by atoms with E-state index in [4.69, 9.17) is 4.74 Å². The lowest BCUT2D eigenvalue weighted by Crippen LogP contribution is -2.48. The topological polar surface area (TPSA) is 57.7 Å². The lowest BCUT2D eigenvalue weighted by molar-refractivity contribution is -0.121. The largest absolute Gasteiger partial charge is 0.379 e. The number of benzene rings is 1. The van der Waals surface area contributed by atoms with Crippen LogP contribution in [0.3, 0.4) is 0 Å². The fourth-order valence-corrected chi connectivity index (χ4v) is 4.87. The Hall–Kier alpha value is -1.80. The van der Waals surface area contributed by atoms with E-state index < -0.39 is 0 Å². The third-order valence-corrected chi connectivity index (χ3v) is 7.21. The number of morpholine rings is 1. The standard InChI is InChI=1S/C23H32N4O2S/c1-17(2)27-15-20(16-27)23-25-14-21(30-23)19-5-3-18(4-6-19)13-24-22(28)7-8-26-9-11-29-12-10-26/h3-6,14,17,20H,7-13,15-16H2,1-2H3,(H,24,28). The van der Waals surface area contributed by atoms with E-state index in [0.717, 1.165) is 51.5 Å². The Morgan fingerprint density at radius 2 is 1.97 bits per heavy atom. The van der Waals surface area contributed by atoms with Gasteiger partial charge in [0.15, 0.2) is 0 Å². The monoisotopic (exact) mass is 428 g/mol. The number of aromatic nitrogens is 1. The molecule has 0 bridgehead atoms. The Kier molecular flexibility index (Phi) is 7.15. The predicted octanol–water partition coefficient (Wildman–Crippen LogP) is 2.96. The second kappa shape index (κ2) is 10.0. The second-order valence-corrected chi connectivity index (χ2v) is 9.55. The molecule has 7 heteroatoms. The average molecular weight is 429 g/mol. The summed E-state index contributed by atoms with van der Waals surface area (Å²) in [7, 11) is 0. The van der Waals surface area contributed by atoms with Gasteiger partial charge in [-0.3, -0.25) is 14.6 Å². The molecule has 1 aromatic carbocycles. The first kappa shape index (κ1) is 21.4. The molecule has 0 spiro atoms. The molecule has 2 aromatic rings. The summed E-state index contributed by atoms with van der Waals surface area (Å²) in [5, 5.41) is 4.28. The molecular weight excluding hydrogens is 396 g/mol. The zero-order chi connectivity index (χ0) is 20.9. The molecular formula is C23H32N4O2S. The Balaban J connectivity index is 1.23. The van der Waals surface area contributed by atoms with Gasteiger partial charge in [-0.05, 0) is 25.0 Å². The van der Waals surface area contributed by atoms with E-state index in [-0.39, 0.29) is 5.91 Å². The Morgan fingerprint density at radius 1 is 1.23 bits per heavy atom. The lowest BCUT2D eigenvalue weighted by atomic mass is 9.99. The van der Waals surface area contributed by atoms with Crippen LogP contribution in [-0.4, -0.2) is 72.7 Å². The van der Waals surface area contributed by atoms with Crippen molar-refractivity contribution in [1.82, 2.24) is 20.1 Å². The highest BCUT2D eigenvalue weighted by Gasteiger charge is 2.31. The number of thiazole rings is 1. The van der Waals surface area contributed by atoms with Crippen molar-refractivity contribution in [2.75, 3.05) is 45.9 Å². The van der Waals surface area contributed by atoms with Gasteiger partial charge in [0.1, 0.15) is 0 Å². The summed E-state index contributed by atoms with van der Waals surface area (Å²) in [4.78, 5) is 22.8. The predicted molar refractivity (Wildman–Crippen MR) is 121 cm³/mol. The number of carbonyl (C=O) groups is 1. The number of nitrogens with zero attached hydrogens (tertiary/aromatic N) is 3. The minimum absolute atomic E-state index is 0.105. The molecule has 30 heavy (non-hydrogen) atoms. The highest BCUT2D eigenvalue weighted by atomic mass is 32.1. The van der Waals surface area contributed by atoms with Crippen LogP contribution in [-0.2, 0) is 16.1 Å². The van der Waals surface area contributed by atoms with Gasteiger partial charge in [0.25, 0.3) is 0 Å². The van der Waals surface area contributed by atoms with E-state index in [1.165, 1.54) is 15.4 Å². The summed E-state index contributed by atoms with van der Waals surface area (Å²) >= 11 is 1.81. The second-order valence-electron chi connectivity index (χ2n) is 8.48. The van der Waals surface area contributed by atoms with Gasteiger partial charge in [0.2, 0.25) is 5.91 Å². The van der Waals surface area contributed by atoms with Crippen molar-refractivity contribution in [3.63, 3.8) is 0 Å². The number of likely N-dealkylation sites (tertiary alicyclic amines) is 1. The highest BCUT2D eigenvalue weighted by Crippen LogP contribution is 2.35. The highest BCUT2D eigenvalue weighted by molar-refractivity contribution is 7.15. The van der Waals surface area contributed by atoms with Gasteiger partial charge in [0.05, 0.1) is 23.1 Å². The first-order chi connectivity index (χ1) is 14.6. The Morgan fingerprint density at radius 3 is 2.67 bits per heavy atom. The number of hydrogen-bond acceptors (Lipinski definition) is 6. The van der Waals surface area contributed by atoms with Crippen molar-refractivity contribution in [2.24, 2.45) is 0 Å². The molecule has 6 nitrogen and oxygen atoms in total. The van der Waals surface area contributed by atoms with E-state index >= 15 is 0 Å². The minimum Gasteiger partial charge on any atom is -0.379 e. The van der Waals surface area contributed by atoms with Gasteiger partial charge in [0, 0.05) is 63.8 Å². The summed E-state index contributed by atoms with van der Waals surface area (Å²) in [5.74, 6) is 0.687. The molecule has 162 valence electrons. The zero-order valence-electron chi connectivity index (χ0n) is 18.0. The molecule has 2 saturated heterocycles. The third-order valence-electron chi connectivity index (χ3n) is 6.00. The van der Waals surface area contributed by atoms with Crippen LogP contribution in [0.5, 0.6) is 0 Å². The molecule has 2 aliphatic rings. The molecule has 1 aromatic heterocycles. The number of rotatable bonds is 8. The molecule has 0 unspecified atom stereocenters. The SMILES string of the molecule is CC(C)N1CC(c2ncc(-c3ccc(CNC(=O)CCN4CCOCC4)cc3)s2)C1. The molecule has 0 radical (unpaired) electrons. The van der Waals surface area contributed by atoms with Crippen LogP contribution in [0.25, 0.3) is 10.4 Å². The third kappa shape index (κ3) is 5.46. The lowest BCUT2D eigenvalue weighted by Gasteiger charge is -2.41. The molecule has 0 aliphatic carbocycles. The van der Waals surface area contributed by atoms with Crippen molar-refractivity contribution < 1.29 is 9.53 Å². The molecule has 4 rings (SSSR count). The van der Waals surface area contributed by atoms with Crippen molar-refractivity contribution >= 4 is 17.2 Å². The van der Waals surface area contributed by atoms with Crippen LogP contribution in [0, 0.1) is 0 Å². The number of hydrogen-bond donors (Lipinski definition) is 1. The molecule has 1 amide bonds. The maximum Gasteiger partial charge on any atom is 0.221 e. The van der Waals surface area contributed by atoms with Crippen LogP contribution in [0.2, 0.25) is 0 Å². The summed E-state index contributed by atoms with van der Waals surface area (Å²) in [6, 6.07) is 9.08. The maximum atomic E-state index is 12.1. The quantitative estimate of drug-likeness (QED) is 0.701. The van der Waals surface area contributed by atoms with E-state index in [2.05, 4.69) is 58.2 Å². The van der Waals surface area contributed by atoms with Gasteiger partial charge in [-0.25, -0.2) is 4.98 Å². The minimum atomic E-state index is 0.105. The zero-order valence-corrected chi connectivity index (χ0v) is 18.8. The van der Waals surface area contributed by atoms with Crippen molar-refractivity contribution in [1.29, 1.82) is 0 Å². The fourth-order valence-electron chi connectivity index (χ4n) is 3.86. The molecule has 2 fully saturated rings. The summed E-state index contributed by atoms with van der Waals surface area (Å²) in [5.41, 5.74) is 2.32. The maximum absolute atomic E-state index is 12.1. The molecule has 1 N–H and O–H groups in total. The number of carbonyl (C=O) groups excluding carboxylic acids is 1. The average Bonchev–Trinajstić information content (AvgIpc) is 3.20. The first-order valence-corrected chi connectivity index (χ1v) is 11.8. The Labute approximate surface area is 183 Å². The summed E-state index contributed by atoms with van der Waals surface area (Å²) < 4.78 is 5.34. The van der Waals surface area contributed by atoms with E-state index in [1.54, 1.807) is 11.3 Å². The normalized spacial score (nSPS) is 18.5. The van der Waals surface area contributed by atoms with Crippen molar-refractivity contribution in [3.05, 3.63) is 41.0 Å². The molecule has 3 heterocycles. The van der Waals surface area contributed by atoms with E-state index in [0.29, 0.717) is 24.9 Å². The van der Waals surface area contributed by atoms with E-state index in [1.807, 2.05) is 6.20 Å². The molecule has 0 atom stereocenters. The van der Waals surface area contributed by atoms with Crippen molar-refractivity contribution in [2.45, 2.75) is 38.8 Å². The van der Waals surface area contributed by atoms with Crippen LogP contribution in [0.15, 0.2) is 30.5 Å². The summed E-state index contributed by atoms with van der Waals surface area (Å²) in [6.07, 6.45) is 2.54. The smallest absolute Gasteiger partial charge is 0.221 e. The number of amides is 1. The van der Waals surface area contributed by atoms with Gasteiger partial charge in [-0.15, -0.1) is 11.3 Å². The van der Waals surface area contributed by atoms with Gasteiger partial charge in [-0.1, -0.05) is 24.3 Å². The van der Waals surface area contributed by atoms with Crippen LogP contribution in [0.1, 0.15) is 36.8 Å². The first-order valence-electron chi connectivity index (χ1n) is 10.9. The van der Waals surface area contributed by atoms with Gasteiger partial charge < -0.3 is 10.1 Å². The van der Waals surface area contributed by atoms with Gasteiger partial charge in [-0.2, -0.15) is 0 Å². The Bertz CT molecular complexity index is 824. The van der Waals surface area contributed by atoms with Crippen LogP contribution >= 0.6 is 11.3 Å². The molecule has 0 saturated carbocycles. The van der Waals surface area contributed by atoms with Crippen LogP contribution in [0.4, 0.5) is 0 Å². The number of ether oxygens (including phenoxy) is 1. The van der Waals surface area contributed by atoms with Gasteiger partial charge >= 0.3 is 0 Å². The molecule has 2 aliphatic heterocycles. The summed E-state index contributed by atoms with van der Waals surface area (Å²) in [6.45, 7) is 11.5. The van der Waals surface area contributed by atoms with Crippen LogP contribution < -0.4 is 5.32 Å². The number of nitrogens with one attached hydrogen (secondary N) is 1.